The van der Waals surface area contributed by atoms with Crippen LogP contribution in [0.3, 0.4) is 0 Å². The van der Waals surface area contributed by atoms with Crippen molar-refractivity contribution in [3.63, 3.8) is 0 Å². The Morgan fingerprint density at radius 2 is 1.74 bits per heavy atom. The molecule has 2 aromatic carbocycles. The van der Waals surface area contributed by atoms with E-state index < -0.39 is 24.5 Å². The van der Waals surface area contributed by atoms with Gasteiger partial charge in [0.25, 0.3) is 11.8 Å². The maximum absolute atomic E-state index is 12.5. The van der Waals surface area contributed by atoms with E-state index in [0.29, 0.717) is 17.1 Å². The first-order chi connectivity index (χ1) is 14.8. The Morgan fingerprint density at radius 1 is 1.03 bits per heavy atom. The van der Waals surface area contributed by atoms with Gasteiger partial charge in [-0.05, 0) is 42.7 Å². The number of hydrogen-bond donors (Lipinski definition) is 2. The van der Waals surface area contributed by atoms with Gasteiger partial charge in [-0.3, -0.25) is 9.59 Å². The average molecular weight is 426 g/mol. The molecule has 31 heavy (non-hydrogen) atoms. The van der Waals surface area contributed by atoms with E-state index in [-0.39, 0.29) is 25.2 Å². The van der Waals surface area contributed by atoms with Crippen molar-refractivity contribution in [1.29, 1.82) is 0 Å². The van der Waals surface area contributed by atoms with Crippen molar-refractivity contribution in [1.82, 2.24) is 10.6 Å². The number of aryl methyl sites for hydroxylation is 1. The molecule has 1 heterocycles. The number of esters is 1. The fourth-order valence-corrected chi connectivity index (χ4v) is 2.96. The van der Waals surface area contributed by atoms with Crippen molar-refractivity contribution in [2.75, 3.05) is 13.4 Å². The van der Waals surface area contributed by atoms with E-state index in [4.69, 9.17) is 14.2 Å². The van der Waals surface area contributed by atoms with E-state index in [0.717, 1.165) is 11.1 Å². The van der Waals surface area contributed by atoms with E-state index in [1.165, 1.54) is 0 Å². The van der Waals surface area contributed by atoms with Crippen LogP contribution in [0.4, 0.5) is 0 Å². The van der Waals surface area contributed by atoms with Crippen LogP contribution in [0, 0.1) is 12.8 Å². The second kappa shape index (κ2) is 9.97. The Kier molecular flexibility index (Phi) is 7.12. The first-order valence-corrected chi connectivity index (χ1v) is 10.0. The van der Waals surface area contributed by atoms with E-state index in [2.05, 4.69) is 10.6 Å². The van der Waals surface area contributed by atoms with Crippen molar-refractivity contribution in [3.05, 3.63) is 59.2 Å². The predicted molar refractivity (Wildman–Crippen MR) is 113 cm³/mol. The highest BCUT2D eigenvalue weighted by molar-refractivity contribution is 5.97. The lowest BCUT2D eigenvalue weighted by molar-refractivity contribution is -0.151. The summed E-state index contributed by atoms with van der Waals surface area (Å²) >= 11 is 0. The van der Waals surface area contributed by atoms with Crippen LogP contribution in [-0.4, -0.2) is 37.2 Å². The Labute approximate surface area is 180 Å². The second-order valence-corrected chi connectivity index (χ2v) is 7.63. The fourth-order valence-electron chi connectivity index (χ4n) is 2.96. The largest absolute Gasteiger partial charge is 0.454 e. The molecule has 0 radical (unpaired) electrons. The topological polar surface area (TPSA) is 103 Å². The van der Waals surface area contributed by atoms with Gasteiger partial charge in [0.15, 0.2) is 18.1 Å². The zero-order chi connectivity index (χ0) is 22.4. The Balaban J connectivity index is 1.48. The lowest BCUT2D eigenvalue weighted by atomic mass is 10.0. The van der Waals surface area contributed by atoms with Gasteiger partial charge in [0.2, 0.25) is 6.79 Å². The molecular weight excluding hydrogens is 400 g/mol. The minimum atomic E-state index is -0.865. The molecule has 0 saturated heterocycles. The van der Waals surface area contributed by atoms with Crippen LogP contribution in [0.15, 0.2) is 42.5 Å². The highest BCUT2D eigenvalue weighted by atomic mass is 16.7. The van der Waals surface area contributed by atoms with Crippen molar-refractivity contribution in [2.24, 2.45) is 5.92 Å². The molecule has 1 unspecified atom stereocenters. The number of carbonyl (C=O) groups excluding carboxylic acids is 3. The summed E-state index contributed by atoms with van der Waals surface area (Å²) in [6.45, 7) is 5.51. The minimum absolute atomic E-state index is 0.179. The van der Waals surface area contributed by atoms with Crippen LogP contribution in [-0.2, 0) is 20.9 Å². The smallest absolute Gasteiger partial charge is 0.329 e. The highest BCUT2D eigenvalue weighted by Gasteiger charge is 2.26. The Morgan fingerprint density at radius 3 is 2.45 bits per heavy atom. The summed E-state index contributed by atoms with van der Waals surface area (Å²) in [4.78, 5) is 37.0. The zero-order valence-corrected chi connectivity index (χ0v) is 17.8. The van der Waals surface area contributed by atoms with E-state index in [9.17, 15) is 14.4 Å². The summed E-state index contributed by atoms with van der Waals surface area (Å²) in [7, 11) is 0. The van der Waals surface area contributed by atoms with Gasteiger partial charge in [0.1, 0.15) is 6.04 Å². The summed E-state index contributed by atoms with van der Waals surface area (Å²) < 4.78 is 15.7. The number of hydrogen-bond acceptors (Lipinski definition) is 6. The van der Waals surface area contributed by atoms with Crippen LogP contribution in [0.2, 0.25) is 0 Å². The van der Waals surface area contributed by atoms with Gasteiger partial charge < -0.3 is 24.8 Å². The van der Waals surface area contributed by atoms with Crippen LogP contribution in [0.25, 0.3) is 0 Å². The minimum Gasteiger partial charge on any atom is -0.454 e. The second-order valence-electron chi connectivity index (χ2n) is 7.63. The average Bonchev–Trinajstić information content (AvgIpc) is 3.22. The molecule has 0 saturated carbocycles. The first-order valence-electron chi connectivity index (χ1n) is 10.0. The van der Waals surface area contributed by atoms with Crippen molar-refractivity contribution in [3.8, 4) is 11.5 Å². The monoisotopic (exact) mass is 426 g/mol. The maximum Gasteiger partial charge on any atom is 0.329 e. The van der Waals surface area contributed by atoms with Gasteiger partial charge in [0.05, 0.1) is 0 Å². The highest BCUT2D eigenvalue weighted by Crippen LogP contribution is 2.32. The molecule has 0 spiro atoms. The first kappa shape index (κ1) is 22.1. The molecule has 0 fully saturated rings. The van der Waals surface area contributed by atoms with Crippen molar-refractivity contribution >= 4 is 17.8 Å². The van der Waals surface area contributed by atoms with Crippen molar-refractivity contribution < 1.29 is 28.6 Å². The van der Waals surface area contributed by atoms with Crippen molar-refractivity contribution in [2.45, 2.75) is 33.4 Å². The number of carbonyl (C=O) groups is 3. The van der Waals surface area contributed by atoms with Gasteiger partial charge in [0, 0.05) is 12.1 Å². The van der Waals surface area contributed by atoms with Crippen LogP contribution in [0.1, 0.15) is 35.3 Å². The van der Waals surface area contributed by atoms with E-state index >= 15 is 0 Å². The molecule has 1 aliphatic heterocycles. The lowest BCUT2D eigenvalue weighted by Gasteiger charge is -2.21. The normalized spacial score (nSPS) is 12.9. The molecule has 1 aliphatic rings. The summed E-state index contributed by atoms with van der Waals surface area (Å²) in [6.07, 6.45) is 0. The molecule has 2 aromatic rings. The molecule has 2 N–H and O–H groups in total. The fraction of sp³-hybridized carbons (Fsp3) is 0.348. The third-order valence-electron chi connectivity index (χ3n) is 4.79. The predicted octanol–water partition coefficient (Wildman–Crippen LogP) is 2.34. The molecule has 0 aliphatic carbocycles. The summed E-state index contributed by atoms with van der Waals surface area (Å²) in [5.74, 6) is -0.396. The number of fused-ring (bicyclic) bond motifs is 1. The van der Waals surface area contributed by atoms with E-state index in [1.807, 2.05) is 25.1 Å². The molecule has 164 valence electrons. The van der Waals surface area contributed by atoms with Gasteiger partial charge in [-0.15, -0.1) is 0 Å². The quantitative estimate of drug-likeness (QED) is 0.628. The third kappa shape index (κ3) is 5.97. The molecule has 3 rings (SSSR count). The SMILES string of the molecule is Cc1ccc(C(=O)NC(C(=O)OCC(=O)NCc2ccc3c(c2)OCO3)C(C)C)cc1. The standard InChI is InChI=1S/C23H26N2O6/c1-14(2)21(25-22(27)17-7-4-15(3)5-8-17)23(28)29-12-20(26)24-11-16-6-9-18-19(10-16)31-13-30-18/h4-10,14,21H,11-13H2,1-3H3,(H,24,26)(H,25,27). The van der Waals surface area contributed by atoms with Crippen LogP contribution in [0.5, 0.6) is 11.5 Å². The maximum atomic E-state index is 12.5. The third-order valence-corrected chi connectivity index (χ3v) is 4.79. The lowest BCUT2D eigenvalue weighted by Crippen LogP contribution is -2.46. The summed E-state index contributed by atoms with van der Waals surface area (Å²) in [5.41, 5.74) is 2.31. The number of benzene rings is 2. The Hall–Kier alpha value is -3.55. The van der Waals surface area contributed by atoms with Crippen LogP contribution >= 0.6 is 0 Å². The number of nitrogens with one attached hydrogen (secondary N) is 2. The van der Waals surface area contributed by atoms with E-state index in [1.54, 1.807) is 38.1 Å². The number of amides is 2. The van der Waals surface area contributed by atoms with Gasteiger partial charge in [-0.25, -0.2) is 4.79 Å². The molecule has 0 aromatic heterocycles. The molecule has 8 heteroatoms. The molecule has 1 atom stereocenters. The molecular formula is C23H26N2O6. The number of rotatable bonds is 8. The molecule has 8 nitrogen and oxygen atoms in total. The van der Waals surface area contributed by atoms with Gasteiger partial charge in [-0.1, -0.05) is 37.6 Å². The van der Waals surface area contributed by atoms with Crippen LogP contribution < -0.4 is 20.1 Å². The summed E-state index contributed by atoms with van der Waals surface area (Å²) in [5, 5.41) is 5.37. The van der Waals surface area contributed by atoms with Gasteiger partial charge in [-0.2, -0.15) is 0 Å². The molecule has 0 bridgehead atoms. The zero-order valence-electron chi connectivity index (χ0n) is 17.8. The molecule has 2 amide bonds. The summed E-state index contributed by atoms with van der Waals surface area (Å²) in [6, 6.07) is 11.5. The number of ether oxygens (including phenoxy) is 3. The van der Waals surface area contributed by atoms with Gasteiger partial charge >= 0.3 is 5.97 Å². The Bertz CT molecular complexity index is 955.